The lowest BCUT2D eigenvalue weighted by molar-refractivity contribution is -0.129. The van der Waals surface area contributed by atoms with E-state index >= 15 is 0 Å². The molecule has 5 rings (SSSR count). The molecule has 0 spiro atoms. The summed E-state index contributed by atoms with van der Waals surface area (Å²) in [6, 6.07) is 21.2. The highest BCUT2D eigenvalue weighted by Crippen LogP contribution is 2.32. The van der Waals surface area contributed by atoms with Crippen LogP contribution >= 0.6 is 0 Å². The molecule has 3 amide bonds. The summed E-state index contributed by atoms with van der Waals surface area (Å²) in [6.45, 7) is 16.2. The van der Waals surface area contributed by atoms with Gasteiger partial charge in [-0.05, 0) is 150 Å². The Kier molecular flexibility index (Phi) is 15.9. The van der Waals surface area contributed by atoms with Crippen molar-refractivity contribution in [2.24, 2.45) is 33.0 Å². The molecule has 1 heterocycles. The van der Waals surface area contributed by atoms with Crippen molar-refractivity contribution in [2.75, 3.05) is 44.7 Å². The third-order valence-electron chi connectivity index (χ3n) is 11.0. The molecule has 3 aromatic carbocycles. The molecule has 1 aliphatic carbocycles. The van der Waals surface area contributed by atoms with Crippen LogP contribution in [0.25, 0.3) is 11.1 Å². The van der Waals surface area contributed by atoms with Crippen LogP contribution in [0.1, 0.15) is 100 Å². The standard InChI is InChI=1S/C46H61N7O5/c1-7-53(8-2)25-9-24-47-43(55)37-15-10-31(3)40(27-37)34-16-11-32(12-17-34)26-38(44(56)51-39-22-20-36(21-23-39)42-49-30-50-52-42)28-41(54)35-18-13-33(14-19-35)29-48-45(57)58-46(4,5)6/h10-12,15-17,20-23,27,33,35,38H,7-9,13-14,18-19,24-26,28-30H2,1-6H3,(H,47,55)(H,48,57)(H,51,56)/t33?,35?,38-/m1/s1. The number of amides is 3. The van der Waals surface area contributed by atoms with Gasteiger partial charge in [0.2, 0.25) is 5.91 Å². The molecule has 3 aromatic rings. The predicted molar refractivity (Wildman–Crippen MR) is 229 cm³/mol. The van der Waals surface area contributed by atoms with E-state index in [1.54, 1.807) is 0 Å². The summed E-state index contributed by atoms with van der Waals surface area (Å²) in [5.74, 6) is -0.103. The Morgan fingerprint density at radius 3 is 2.21 bits per heavy atom. The lowest BCUT2D eigenvalue weighted by Crippen LogP contribution is -2.37. The third-order valence-corrected chi connectivity index (χ3v) is 11.0. The first-order valence-electron chi connectivity index (χ1n) is 20.8. The molecule has 3 N–H and O–H groups in total. The Labute approximate surface area is 343 Å². The number of carbonyl (C=O) groups is 4. The van der Waals surface area contributed by atoms with Gasteiger partial charge in [0, 0.05) is 48.2 Å². The largest absolute Gasteiger partial charge is 0.444 e. The molecule has 1 fully saturated rings. The van der Waals surface area contributed by atoms with E-state index in [1.165, 1.54) is 0 Å². The SMILES string of the molecule is CCN(CC)CCCNC(=O)c1ccc(C)c(-c2ccc(C[C@H](CC(=O)C3CCC(CNC(=O)OC(C)(C)C)CC3)C(=O)Nc3ccc(C4=NCN=N4)cc3)cc2)c1. The molecule has 310 valence electrons. The van der Waals surface area contributed by atoms with Crippen LogP contribution in [0.3, 0.4) is 0 Å². The predicted octanol–water partition coefficient (Wildman–Crippen LogP) is 8.38. The van der Waals surface area contributed by atoms with Gasteiger partial charge in [0.15, 0.2) is 12.5 Å². The fraction of sp³-hybridized carbons (Fsp3) is 0.500. The molecular weight excluding hydrogens is 731 g/mol. The molecular formula is C46H61N7O5. The summed E-state index contributed by atoms with van der Waals surface area (Å²) in [6.07, 6.45) is 4.06. The third kappa shape index (κ3) is 13.2. The maximum absolute atomic E-state index is 14.0. The van der Waals surface area contributed by atoms with Crippen molar-refractivity contribution in [1.29, 1.82) is 0 Å². The highest BCUT2D eigenvalue weighted by atomic mass is 16.6. The van der Waals surface area contributed by atoms with E-state index in [4.69, 9.17) is 4.74 Å². The summed E-state index contributed by atoms with van der Waals surface area (Å²) in [4.78, 5) is 59.6. The molecule has 12 nitrogen and oxygen atoms in total. The van der Waals surface area contributed by atoms with E-state index in [2.05, 4.69) is 49.9 Å². The monoisotopic (exact) mass is 791 g/mol. The molecule has 58 heavy (non-hydrogen) atoms. The van der Waals surface area contributed by atoms with Gasteiger partial charge in [-0.3, -0.25) is 14.4 Å². The van der Waals surface area contributed by atoms with Gasteiger partial charge in [-0.15, -0.1) is 5.11 Å². The van der Waals surface area contributed by atoms with Crippen molar-refractivity contribution in [3.05, 3.63) is 89.0 Å². The first-order valence-corrected chi connectivity index (χ1v) is 20.8. The van der Waals surface area contributed by atoms with Crippen LogP contribution in [0.5, 0.6) is 0 Å². The Bertz CT molecular complexity index is 1920. The second kappa shape index (κ2) is 21.0. The maximum Gasteiger partial charge on any atom is 0.407 e. The van der Waals surface area contributed by atoms with Crippen LogP contribution in [-0.2, 0) is 20.7 Å². The number of hydrogen-bond acceptors (Lipinski definition) is 9. The van der Waals surface area contributed by atoms with Gasteiger partial charge in [0.1, 0.15) is 11.4 Å². The number of Topliss-reactive ketones (excluding diaryl/α,β-unsaturated/α-hetero) is 1. The second-order valence-electron chi connectivity index (χ2n) is 16.5. The number of alkyl carbamates (subject to hydrolysis) is 1. The summed E-state index contributed by atoms with van der Waals surface area (Å²) in [7, 11) is 0. The van der Waals surface area contributed by atoms with Crippen molar-refractivity contribution in [3.63, 3.8) is 0 Å². The van der Waals surface area contributed by atoms with Crippen molar-refractivity contribution in [1.82, 2.24) is 15.5 Å². The van der Waals surface area contributed by atoms with Crippen molar-refractivity contribution >= 4 is 35.2 Å². The van der Waals surface area contributed by atoms with Crippen LogP contribution in [-0.4, -0.2) is 79.4 Å². The molecule has 0 saturated heterocycles. The zero-order valence-electron chi connectivity index (χ0n) is 35.1. The summed E-state index contributed by atoms with van der Waals surface area (Å²) >= 11 is 0. The second-order valence-corrected chi connectivity index (χ2v) is 16.5. The van der Waals surface area contributed by atoms with Crippen molar-refractivity contribution < 1.29 is 23.9 Å². The number of nitrogens with zero attached hydrogens (tertiary/aromatic N) is 4. The average Bonchev–Trinajstić information content (AvgIpc) is 3.75. The van der Waals surface area contributed by atoms with Crippen molar-refractivity contribution in [3.8, 4) is 11.1 Å². The number of rotatable bonds is 18. The lowest BCUT2D eigenvalue weighted by atomic mass is 9.77. The molecule has 1 aliphatic heterocycles. The summed E-state index contributed by atoms with van der Waals surface area (Å²) < 4.78 is 5.38. The lowest BCUT2D eigenvalue weighted by Gasteiger charge is -2.29. The van der Waals surface area contributed by atoms with Gasteiger partial charge in [0.05, 0.1) is 0 Å². The first-order chi connectivity index (χ1) is 27.8. The number of carbonyl (C=O) groups excluding carboxylic acids is 4. The summed E-state index contributed by atoms with van der Waals surface area (Å²) in [5.41, 5.74) is 5.43. The fourth-order valence-electron chi connectivity index (χ4n) is 7.55. The molecule has 0 radical (unpaired) electrons. The number of hydrogen-bond donors (Lipinski definition) is 3. The van der Waals surface area contributed by atoms with Crippen LogP contribution in [0.15, 0.2) is 82.0 Å². The molecule has 0 bridgehead atoms. The van der Waals surface area contributed by atoms with E-state index in [0.29, 0.717) is 43.3 Å². The molecule has 0 aromatic heterocycles. The smallest absolute Gasteiger partial charge is 0.407 e. The zero-order valence-corrected chi connectivity index (χ0v) is 35.1. The minimum atomic E-state index is -0.590. The minimum Gasteiger partial charge on any atom is -0.444 e. The molecule has 1 atom stereocenters. The number of amidine groups is 1. The number of aliphatic imine (C=N–C) groups is 1. The quantitative estimate of drug-likeness (QED) is 0.110. The number of anilines is 1. The van der Waals surface area contributed by atoms with E-state index in [0.717, 1.165) is 79.6 Å². The van der Waals surface area contributed by atoms with Crippen LogP contribution in [0, 0.1) is 24.7 Å². The van der Waals surface area contributed by atoms with E-state index in [1.807, 2.05) is 94.4 Å². The van der Waals surface area contributed by atoms with Crippen LogP contribution in [0.2, 0.25) is 0 Å². The zero-order chi connectivity index (χ0) is 41.7. The van der Waals surface area contributed by atoms with E-state index in [-0.39, 0.29) is 35.9 Å². The highest BCUT2D eigenvalue weighted by molar-refractivity contribution is 6.01. The number of benzene rings is 3. The normalized spacial score (nSPS) is 17.1. The molecule has 1 saturated carbocycles. The highest BCUT2D eigenvalue weighted by Gasteiger charge is 2.31. The van der Waals surface area contributed by atoms with Gasteiger partial charge in [-0.1, -0.05) is 44.2 Å². The maximum atomic E-state index is 14.0. The number of ketones is 1. The molecule has 2 aliphatic rings. The molecule has 12 heteroatoms. The van der Waals surface area contributed by atoms with Crippen LogP contribution in [0.4, 0.5) is 10.5 Å². The topological polar surface area (TPSA) is 154 Å². The Morgan fingerprint density at radius 1 is 0.879 bits per heavy atom. The van der Waals surface area contributed by atoms with E-state index in [9.17, 15) is 19.2 Å². The van der Waals surface area contributed by atoms with Gasteiger partial charge in [0.25, 0.3) is 5.91 Å². The minimum absolute atomic E-state index is 0.0886. The van der Waals surface area contributed by atoms with Gasteiger partial charge in [-0.2, -0.15) is 5.11 Å². The average molecular weight is 792 g/mol. The number of azo groups is 1. The fourth-order valence-corrected chi connectivity index (χ4v) is 7.55. The van der Waals surface area contributed by atoms with Crippen molar-refractivity contribution in [2.45, 2.75) is 92.1 Å². The van der Waals surface area contributed by atoms with Crippen LogP contribution < -0.4 is 16.0 Å². The Balaban J connectivity index is 1.24. The molecule has 0 unspecified atom stereocenters. The Hall–Kier alpha value is -5.23. The Morgan fingerprint density at radius 2 is 1.57 bits per heavy atom. The summed E-state index contributed by atoms with van der Waals surface area (Å²) in [5, 5.41) is 17.0. The number of ether oxygens (including phenoxy) is 1. The van der Waals surface area contributed by atoms with E-state index < -0.39 is 17.6 Å². The first kappa shape index (κ1) is 43.9. The number of aryl methyl sites for hydroxylation is 1. The van der Waals surface area contributed by atoms with Gasteiger partial charge < -0.3 is 25.6 Å². The number of nitrogens with one attached hydrogen (secondary N) is 3. The van der Waals surface area contributed by atoms with Gasteiger partial charge in [-0.25, -0.2) is 9.79 Å². The van der Waals surface area contributed by atoms with Gasteiger partial charge >= 0.3 is 6.09 Å².